The lowest BCUT2D eigenvalue weighted by atomic mass is 10.2. The molecule has 0 aliphatic heterocycles. The van der Waals surface area contributed by atoms with Crippen molar-refractivity contribution < 1.29 is 14.3 Å². The molecule has 0 fully saturated rings. The van der Waals surface area contributed by atoms with Crippen molar-refractivity contribution in [1.82, 2.24) is 14.7 Å². The van der Waals surface area contributed by atoms with E-state index in [9.17, 15) is 4.79 Å². The van der Waals surface area contributed by atoms with Gasteiger partial charge in [0.25, 0.3) is 0 Å². The normalized spacial score (nSPS) is 11.0. The second-order valence-electron chi connectivity index (χ2n) is 5.69. The Kier molecular flexibility index (Phi) is 5.53. The van der Waals surface area contributed by atoms with Crippen molar-refractivity contribution in [3.63, 3.8) is 0 Å². The van der Waals surface area contributed by atoms with Crippen molar-refractivity contribution in [2.45, 2.75) is 6.42 Å². The Balaban J connectivity index is 1.54. The summed E-state index contributed by atoms with van der Waals surface area (Å²) >= 11 is 0. The molecule has 3 aromatic rings. The van der Waals surface area contributed by atoms with E-state index in [1.54, 1.807) is 20.3 Å². The van der Waals surface area contributed by atoms with E-state index in [1.807, 2.05) is 53.2 Å². The van der Waals surface area contributed by atoms with Gasteiger partial charge >= 0.3 is 0 Å². The van der Waals surface area contributed by atoms with Crippen molar-refractivity contribution in [2.24, 2.45) is 0 Å². The molecule has 2 aromatic heterocycles. The predicted molar refractivity (Wildman–Crippen MR) is 100 cm³/mol. The highest BCUT2D eigenvalue weighted by atomic mass is 16.5. The largest absolute Gasteiger partial charge is 0.497 e. The predicted octanol–water partition coefficient (Wildman–Crippen LogP) is 2.72. The Bertz CT molecular complexity index is 931. The van der Waals surface area contributed by atoms with E-state index in [4.69, 9.17) is 9.47 Å². The second kappa shape index (κ2) is 8.20. The number of hydrogen-bond donors (Lipinski definition) is 1. The third-order valence-electron chi connectivity index (χ3n) is 3.92. The van der Waals surface area contributed by atoms with Gasteiger partial charge in [0.05, 0.1) is 19.9 Å². The first-order chi connectivity index (χ1) is 12.7. The molecule has 0 atom stereocenters. The number of imidazole rings is 1. The number of carbonyl (C=O) groups excluding carboxylic acids is 1. The summed E-state index contributed by atoms with van der Waals surface area (Å²) in [7, 11) is 3.24. The van der Waals surface area contributed by atoms with Crippen LogP contribution < -0.4 is 14.8 Å². The summed E-state index contributed by atoms with van der Waals surface area (Å²) < 4.78 is 12.4. The summed E-state index contributed by atoms with van der Waals surface area (Å²) in [6.07, 6.45) is 7.78. The van der Waals surface area contributed by atoms with Crippen LogP contribution in [0, 0.1) is 0 Å². The third kappa shape index (κ3) is 4.22. The summed E-state index contributed by atoms with van der Waals surface area (Å²) in [5, 5.41) is 2.87. The molecule has 0 saturated heterocycles. The van der Waals surface area contributed by atoms with Crippen LogP contribution in [0.4, 0.5) is 0 Å². The third-order valence-corrected chi connectivity index (χ3v) is 3.92. The lowest BCUT2D eigenvalue weighted by molar-refractivity contribution is -0.116. The van der Waals surface area contributed by atoms with Crippen molar-refractivity contribution in [1.29, 1.82) is 0 Å². The molecule has 134 valence electrons. The molecule has 1 N–H and O–H groups in total. The zero-order chi connectivity index (χ0) is 18.4. The first-order valence-electron chi connectivity index (χ1n) is 8.30. The molecule has 1 amide bonds. The molecule has 0 unspecified atom stereocenters. The number of aromatic nitrogens is 2. The molecule has 0 radical (unpaired) electrons. The van der Waals surface area contributed by atoms with Gasteiger partial charge in [0.1, 0.15) is 5.75 Å². The topological polar surface area (TPSA) is 64.9 Å². The Morgan fingerprint density at radius 2 is 2.12 bits per heavy atom. The molecule has 0 aliphatic rings. The molecule has 1 aromatic carbocycles. The number of ether oxygens (including phenoxy) is 2. The molecule has 3 rings (SSSR count). The van der Waals surface area contributed by atoms with Gasteiger partial charge in [-0.25, -0.2) is 4.98 Å². The van der Waals surface area contributed by atoms with Gasteiger partial charge in [0, 0.05) is 31.4 Å². The monoisotopic (exact) mass is 351 g/mol. The smallest absolute Gasteiger partial charge is 0.244 e. The van der Waals surface area contributed by atoms with E-state index in [-0.39, 0.29) is 5.91 Å². The van der Waals surface area contributed by atoms with E-state index in [2.05, 4.69) is 10.3 Å². The quantitative estimate of drug-likeness (QED) is 0.665. The highest BCUT2D eigenvalue weighted by molar-refractivity contribution is 5.91. The van der Waals surface area contributed by atoms with Crippen LogP contribution in [-0.4, -0.2) is 36.1 Å². The van der Waals surface area contributed by atoms with Crippen LogP contribution in [0.2, 0.25) is 0 Å². The number of fused-ring (bicyclic) bond motifs is 1. The standard InChI is InChI=1S/C20H21N3O3/c1-25-17-6-3-5-15(13-17)8-9-19(24)21-11-10-16-14-23-12-4-7-18(26-2)20(23)22-16/h3-9,12-14H,10-11H2,1-2H3,(H,21,24)/b9-8+. The van der Waals surface area contributed by atoms with Crippen molar-refractivity contribution >= 4 is 17.6 Å². The van der Waals surface area contributed by atoms with Crippen LogP contribution in [0.25, 0.3) is 11.7 Å². The van der Waals surface area contributed by atoms with Crippen molar-refractivity contribution in [2.75, 3.05) is 20.8 Å². The number of nitrogens with zero attached hydrogens (tertiary/aromatic N) is 2. The first kappa shape index (κ1) is 17.5. The average molecular weight is 351 g/mol. The molecule has 0 spiro atoms. The van der Waals surface area contributed by atoms with Gasteiger partial charge in [-0.15, -0.1) is 0 Å². The molecule has 6 nitrogen and oxygen atoms in total. The Labute approximate surface area is 152 Å². The fourth-order valence-electron chi connectivity index (χ4n) is 2.61. The molecular weight excluding hydrogens is 330 g/mol. The number of amides is 1. The maximum Gasteiger partial charge on any atom is 0.244 e. The molecule has 6 heteroatoms. The first-order valence-corrected chi connectivity index (χ1v) is 8.30. The molecular formula is C20H21N3O3. The summed E-state index contributed by atoms with van der Waals surface area (Å²) in [6.45, 7) is 0.507. The molecule has 0 saturated carbocycles. The van der Waals surface area contributed by atoms with E-state index in [0.29, 0.717) is 13.0 Å². The van der Waals surface area contributed by atoms with Crippen molar-refractivity contribution in [3.8, 4) is 11.5 Å². The van der Waals surface area contributed by atoms with Crippen LogP contribution in [0.15, 0.2) is 54.9 Å². The molecule has 0 aliphatic carbocycles. The molecule has 2 heterocycles. The Morgan fingerprint density at radius 1 is 1.23 bits per heavy atom. The number of rotatable bonds is 7. The summed E-state index contributed by atoms with van der Waals surface area (Å²) in [4.78, 5) is 16.5. The zero-order valence-electron chi connectivity index (χ0n) is 14.8. The van der Waals surface area contributed by atoms with E-state index < -0.39 is 0 Å². The summed E-state index contributed by atoms with van der Waals surface area (Å²) in [6, 6.07) is 11.3. The van der Waals surface area contributed by atoms with Crippen LogP contribution in [0.1, 0.15) is 11.3 Å². The Hall–Kier alpha value is -3.28. The van der Waals surface area contributed by atoms with Gasteiger partial charge in [-0.3, -0.25) is 4.79 Å². The van der Waals surface area contributed by atoms with Crippen LogP contribution >= 0.6 is 0 Å². The minimum absolute atomic E-state index is 0.144. The van der Waals surface area contributed by atoms with Gasteiger partial charge in [-0.05, 0) is 35.9 Å². The zero-order valence-corrected chi connectivity index (χ0v) is 14.8. The number of pyridine rings is 1. The fourth-order valence-corrected chi connectivity index (χ4v) is 2.61. The van der Waals surface area contributed by atoms with E-state index in [1.165, 1.54) is 6.08 Å². The lowest BCUT2D eigenvalue weighted by Crippen LogP contribution is -2.23. The van der Waals surface area contributed by atoms with Gasteiger partial charge in [0.2, 0.25) is 5.91 Å². The second-order valence-corrected chi connectivity index (χ2v) is 5.69. The SMILES string of the molecule is COc1cccc(/C=C/C(=O)NCCc2cn3cccc(OC)c3n2)c1. The lowest BCUT2D eigenvalue weighted by Gasteiger charge is -2.01. The number of hydrogen-bond acceptors (Lipinski definition) is 4. The number of benzene rings is 1. The molecule has 0 bridgehead atoms. The Morgan fingerprint density at radius 3 is 2.92 bits per heavy atom. The van der Waals surface area contributed by atoms with Crippen LogP contribution in [-0.2, 0) is 11.2 Å². The van der Waals surface area contributed by atoms with Crippen LogP contribution in [0.5, 0.6) is 11.5 Å². The summed E-state index contributed by atoms with van der Waals surface area (Å²) in [5.74, 6) is 1.34. The number of carbonyl (C=O) groups is 1. The van der Waals surface area contributed by atoms with Crippen molar-refractivity contribution in [3.05, 3.63) is 66.1 Å². The fraction of sp³-hybridized carbons (Fsp3) is 0.200. The molecule has 26 heavy (non-hydrogen) atoms. The number of methoxy groups -OCH3 is 2. The van der Waals surface area contributed by atoms with Gasteiger partial charge in [-0.2, -0.15) is 0 Å². The minimum Gasteiger partial charge on any atom is -0.497 e. The van der Waals surface area contributed by atoms with E-state index >= 15 is 0 Å². The maximum absolute atomic E-state index is 12.0. The maximum atomic E-state index is 12.0. The summed E-state index contributed by atoms with van der Waals surface area (Å²) in [5.41, 5.74) is 2.58. The van der Waals surface area contributed by atoms with Gasteiger partial charge < -0.3 is 19.2 Å². The van der Waals surface area contributed by atoms with E-state index in [0.717, 1.165) is 28.4 Å². The van der Waals surface area contributed by atoms with Crippen LogP contribution in [0.3, 0.4) is 0 Å². The van der Waals surface area contributed by atoms with Gasteiger partial charge in [0.15, 0.2) is 11.4 Å². The highest BCUT2D eigenvalue weighted by Gasteiger charge is 2.06. The average Bonchev–Trinajstić information content (AvgIpc) is 3.09. The number of nitrogens with one attached hydrogen (secondary N) is 1. The minimum atomic E-state index is -0.144. The van der Waals surface area contributed by atoms with Gasteiger partial charge in [-0.1, -0.05) is 12.1 Å². The highest BCUT2D eigenvalue weighted by Crippen LogP contribution is 2.18.